The van der Waals surface area contributed by atoms with Crippen molar-refractivity contribution in [1.29, 1.82) is 0 Å². The summed E-state index contributed by atoms with van der Waals surface area (Å²) in [5.41, 5.74) is 3.27. The molecule has 1 aromatic carbocycles. The highest BCUT2D eigenvalue weighted by Gasteiger charge is 2.26. The Kier molecular flexibility index (Phi) is 7.40. The maximum atomic E-state index is 12.9. The molecule has 0 spiro atoms. The van der Waals surface area contributed by atoms with Gasteiger partial charge in [-0.15, -0.1) is 0 Å². The number of ether oxygens (including phenoxy) is 1. The lowest BCUT2D eigenvalue weighted by Gasteiger charge is -2.26. The van der Waals surface area contributed by atoms with Gasteiger partial charge in [0, 0.05) is 36.7 Å². The van der Waals surface area contributed by atoms with E-state index in [1.165, 1.54) is 10.4 Å². The molecule has 0 saturated carbocycles. The number of nitrogens with zero attached hydrogens (tertiary/aromatic N) is 2. The maximum Gasteiger partial charge on any atom is 0.340 e. The second-order valence-corrected chi connectivity index (χ2v) is 10.0. The molecule has 8 nitrogen and oxygen atoms in total. The first-order chi connectivity index (χ1) is 15.1. The van der Waals surface area contributed by atoms with Gasteiger partial charge in [-0.3, -0.25) is 4.79 Å². The first kappa shape index (κ1) is 24.0. The van der Waals surface area contributed by atoms with Crippen LogP contribution in [0.2, 0.25) is 0 Å². The number of sulfonamides is 1. The van der Waals surface area contributed by atoms with Gasteiger partial charge in [0.2, 0.25) is 10.0 Å². The molecule has 0 unspecified atom stereocenters. The Balaban J connectivity index is 1.67. The van der Waals surface area contributed by atoms with Crippen LogP contribution in [0.15, 0.2) is 29.2 Å². The minimum absolute atomic E-state index is 0.143. The number of rotatable bonds is 7. The van der Waals surface area contributed by atoms with Crippen LogP contribution < -0.4 is 5.32 Å². The van der Waals surface area contributed by atoms with E-state index in [1.54, 1.807) is 25.1 Å². The summed E-state index contributed by atoms with van der Waals surface area (Å²) in [5, 5.41) is 2.67. The number of hydrogen-bond acceptors (Lipinski definition) is 5. The van der Waals surface area contributed by atoms with Crippen LogP contribution in [0.1, 0.15) is 53.5 Å². The average molecular weight is 462 g/mol. The number of carbonyl (C=O) groups excluding carboxylic acids is 2. The smallest absolute Gasteiger partial charge is 0.340 e. The highest BCUT2D eigenvalue weighted by Crippen LogP contribution is 2.25. The third kappa shape index (κ3) is 5.05. The Morgan fingerprint density at radius 3 is 2.38 bits per heavy atom. The van der Waals surface area contributed by atoms with Gasteiger partial charge in [0.25, 0.3) is 5.91 Å². The summed E-state index contributed by atoms with van der Waals surface area (Å²) in [6.45, 7) is 8.80. The van der Waals surface area contributed by atoms with Crippen LogP contribution in [0.5, 0.6) is 0 Å². The number of anilines is 1. The zero-order valence-electron chi connectivity index (χ0n) is 19.1. The molecule has 1 N–H and O–H groups in total. The quantitative estimate of drug-likeness (QED) is 0.638. The average Bonchev–Trinajstić information content (AvgIpc) is 3.07. The Morgan fingerprint density at radius 1 is 1.06 bits per heavy atom. The van der Waals surface area contributed by atoms with Gasteiger partial charge >= 0.3 is 5.97 Å². The van der Waals surface area contributed by atoms with Gasteiger partial charge in [-0.05, 0) is 64.3 Å². The molecule has 0 aliphatic carbocycles. The van der Waals surface area contributed by atoms with Crippen molar-refractivity contribution in [2.24, 2.45) is 0 Å². The van der Waals surface area contributed by atoms with Crippen molar-refractivity contribution >= 4 is 27.6 Å². The van der Waals surface area contributed by atoms with E-state index in [4.69, 9.17) is 4.74 Å². The predicted octanol–water partition coefficient (Wildman–Crippen LogP) is 3.40. The zero-order valence-corrected chi connectivity index (χ0v) is 19.9. The van der Waals surface area contributed by atoms with Crippen molar-refractivity contribution in [2.45, 2.75) is 58.4 Å². The minimum Gasteiger partial charge on any atom is -0.452 e. The van der Waals surface area contributed by atoms with E-state index < -0.39 is 28.5 Å². The van der Waals surface area contributed by atoms with Gasteiger partial charge in [0.1, 0.15) is 0 Å². The molecular formula is C23H31N3O5S. The molecular weight excluding hydrogens is 430 g/mol. The molecule has 0 bridgehead atoms. The van der Waals surface area contributed by atoms with Crippen molar-refractivity contribution in [2.75, 3.05) is 25.0 Å². The van der Waals surface area contributed by atoms with Gasteiger partial charge in [-0.2, -0.15) is 4.31 Å². The summed E-state index contributed by atoms with van der Waals surface area (Å²) >= 11 is 0. The van der Waals surface area contributed by atoms with Crippen LogP contribution in [-0.2, 0) is 26.1 Å². The minimum atomic E-state index is -3.61. The molecule has 174 valence electrons. The normalized spacial score (nSPS) is 14.9. The summed E-state index contributed by atoms with van der Waals surface area (Å²) in [6.07, 6.45) is 2.73. The molecule has 0 radical (unpaired) electrons. The lowest BCUT2D eigenvalue weighted by atomic mass is 10.2. The molecule has 3 rings (SSSR count). The molecule has 0 atom stereocenters. The molecule has 2 aromatic rings. The lowest BCUT2D eigenvalue weighted by Crippen LogP contribution is -2.35. The predicted molar refractivity (Wildman–Crippen MR) is 122 cm³/mol. The Labute approximate surface area is 189 Å². The number of aryl methyl sites for hydroxylation is 2. The molecule has 1 aliphatic heterocycles. The largest absolute Gasteiger partial charge is 0.452 e. The second kappa shape index (κ2) is 9.87. The molecule has 1 saturated heterocycles. The highest BCUT2D eigenvalue weighted by atomic mass is 32.2. The zero-order chi connectivity index (χ0) is 23.5. The summed E-state index contributed by atoms with van der Waals surface area (Å²) in [4.78, 5) is 25.0. The fourth-order valence-electron chi connectivity index (χ4n) is 4.04. The Hall–Kier alpha value is -2.65. The molecule has 1 aliphatic rings. The van der Waals surface area contributed by atoms with E-state index in [2.05, 4.69) is 5.32 Å². The number of aromatic nitrogens is 1. The maximum absolute atomic E-state index is 12.9. The molecule has 1 aromatic heterocycles. The van der Waals surface area contributed by atoms with Crippen LogP contribution in [0.4, 0.5) is 5.69 Å². The van der Waals surface area contributed by atoms with Crippen LogP contribution in [-0.4, -0.2) is 48.9 Å². The van der Waals surface area contributed by atoms with Crippen LogP contribution >= 0.6 is 0 Å². The number of esters is 1. The summed E-state index contributed by atoms with van der Waals surface area (Å²) in [7, 11) is -3.61. The fraction of sp³-hybridized carbons (Fsp3) is 0.478. The standard InChI is InChI=1S/C23H31N3O5S/c1-5-26-17(3)13-20(18(26)4)23(28)31-15-22(27)24-21-14-19(10-9-16(21)2)32(29,30)25-11-7-6-8-12-25/h9-10,13-14H,5-8,11-12,15H2,1-4H3,(H,24,27). The van der Waals surface area contributed by atoms with E-state index in [1.807, 2.05) is 25.3 Å². The van der Waals surface area contributed by atoms with Gasteiger partial charge < -0.3 is 14.6 Å². The van der Waals surface area contributed by atoms with E-state index >= 15 is 0 Å². The fourth-order valence-corrected chi connectivity index (χ4v) is 5.58. The molecule has 1 fully saturated rings. The first-order valence-corrected chi connectivity index (χ1v) is 12.3. The second-order valence-electron chi connectivity index (χ2n) is 8.09. The van der Waals surface area contributed by atoms with E-state index in [0.717, 1.165) is 37.2 Å². The number of piperidine rings is 1. The number of nitrogens with one attached hydrogen (secondary N) is 1. The van der Waals surface area contributed by atoms with E-state index in [0.29, 0.717) is 29.9 Å². The Bertz CT molecular complexity index is 1110. The lowest BCUT2D eigenvalue weighted by molar-refractivity contribution is -0.119. The first-order valence-electron chi connectivity index (χ1n) is 10.9. The monoisotopic (exact) mass is 461 g/mol. The van der Waals surface area contributed by atoms with E-state index in [9.17, 15) is 18.0 Å². The Morgan fingerprint density at radius 2 is 1.75 bits per heavy atom. The molecule has 2 heterocycles. The van der Waals surface area contributed by atoms with Gasteiger partial charge in [-0.25, -0.2) is 13.2 Å². The van der Waals surface area contributed by atoms with Crippen molar-refractivity contribution in [3.63, 3.8) is 0 Å². The van der Waals surface area contributed by atoms with Crippen molar-refractivity contribution in [3.8, 4) is 0 Å². The van der Waals surface area contributed by atoms with Crippen molar-refractivity contribution in [1.82, 2.24) is 8.87 Å². The van der Waals surface area contributed by atoms with Crippen LogP contribution in [0.3, 0.4) is 0 Å². The van der Waals surface area contributed by atoms with Gasteiger partial charge in [0.05, 0.1) is 10.5 Å². The number of carbonyl (C=O) groups is 2. The molecule has 1 amide bonds. The summed E-state index contributed by atoms with van der Waals surface area (Å²) in [5.74, 6) is -1.09. The van der Waals surface area contributed by atoms with Crippen molar-refractivity contribution in [3.05, 3.63) is 46.8 Å². The SMILES string of the molecule is CCn1c(C)cc(C(=O)OCC(=O)Nc2cc(S(=O)(=O)N3CCCCC3)ccc2C)c1C. The number of hydrogen-bond donors (Lipinski definition) is 1. The van der Waals surface area contributed by atoms with Gasteiger partial charge in [0.15, 0.2) is 6.61 Å². The molecule has 9 heteroatoms. The third-order valence-corrected chi connectivity index (χ3v) is 7.77. The van der Waals surface area contributed by atoms with Crippen molar-refractivity contribution < 1.29 is 22.7 Å². The highest BCUT2D eigenvalue weighted by molar-refractivity contribution is 7.89. The molecule has 32 heavy (non-hydrogen) atoms. The summed E-state index contributed by atoms with van der Waals surface area (Å²) in [6, 6.07) is 6.43. The topological polar surface area (TPSA) is 97.7 Å². The number of amides is 1. The van der Waals surface area contributed by atoms with E-state index in [-0.39, 0.29) is 4.90 Å². The third-order valence-electron chi connectivity index (χ3n) is 5.88. The summed E-state index contributed by atoms with van der Waals surface area (Å²) < 4.78 is 34.6. The number of benzene rings is 1. The van der Waals surface area contributed by atoms with Crippen LogP contribution in [0, 0.1) is 20.8 Å². The van der Waals surface area contributed by atoms with Crippen LogP contribution in [0.25, 0.3) is 0 Å². The van der Waals surface area contributed by atoms with Gasteiger partial charge in [-0.1, -0.05) is 12.5 Å².